The Bertz CT molecular complexity index is 515. The third-order valence-corrected chi connectivity index (χ3v) is 2.95. The van der Waals surface area contributed by atoms with Crippen molar-refractivity contribution in [3.8, 4) is 0 Å². The summed E-state index contributed by atoms with van der Waals surface area (Å²) in [5, 5.41) is 0.534. The van der Waals surface area contributed by atoms with Crippen molar-refractivity contribution < 1.29 is 14.4 Å². The Morgan fingerprint density at radius 2 is 1.93 bits per heavy atom. The minimum absolute atomic E-state index is 0.0306. The molecule has 0 spiro atoms. The molecule has 0 saturated carbocycles. The predicted octanol–water partition coefficient (Wildman–Crippen LogP) is 1.04. The molecule has 14 heavy (non-hydrogen) atoms. The van der Waals surface area contributed by atoms with Crippen LogP contribution < -0.4 is 5.30 Å². The fourth-order valence-electron chi connectivity index (χ4n) is 1.34. The van der Waals surface area contributed by atoms with Crippen LogP contribution in [0.25, 0.3) is 10.9 Å². The first-order valence-electron chi connectivity index (χ1n) is 3.99. The second-order valence-electron chi connectivity index (χ2n) is 2.89. The third-order valence-electron chi connectivity index (χ3n) is 1.94. The van der Waals surface area contributed by atoms with Crippen LogP contribution >= 0.6 is 7.60 Å². The van der Waals surface area contributed by atoms with Crippen LogP contribution in [0.3, 0.4) is 0 Å². The van der Waals surface area contributed by atoms with E-state index in [-0.39, 0.29) is 5.30 Å². The quantitative estimate of drug-likeness (QED) is 0.688. The van der Waals surface area contributed by atoms with Crippen LogP contribution in [-0.4, -0.2) is 14.8 Å². The van der Waals surface area contributed by atoms with E-state index in [0.717, 1.165) is 0 Å². The highest BCUT2D eigenvalue weighted by molar-refractivity contribution is 7.60. The molecular formula is C9H8NO3P. The van der Waals surface area contributed by atoms with Gasteiger partial charge in [0, 0.05) is 11.6 Å². The third kappa shape index (κ3) is 1.55. The van der Waals surface area contributed by atoms with Gasteiger partial charge in [-0.25, -0.2) is 0 Å². The van der Waals surface area contributed by atoms with E-state index < -0.39 is 7.60 Å². The van der Waals surface area contributed by atoms with Gasteiger partial charge in [-0.3, -0.25) is 9.55 Å². The molecule has 72 valence electrons. The van der Waals surface area contributed by atoms with Crippen molar-refractivity contribution in [1.82, 2.24) is 4.98 Å². The zero-order chi connectivity index (χ0) is 10.2. The maximum absolute atomic E-state index is 11.1. The van der Waals surface area contributed by atoms with Gasteiger partial charge in [-0.05, 0) is 18.2 Å². The van der Waals surface area contributed by atoms with E-state index in [4.69, 9.17) is 9.79 Å². The summed E-state index contributed by atoms with van der Waals surface area (Å²) >= 11 is 0. The van der Waals surface area contributed by atoms with Crippen molar-refractivity contribution in [3.05, 3.63) is 36.5 Å². The number of pyridine rings is 1. The fraction of sp³-hybridized carbons (Fsp3) is 0. The van der Waals surface area contributed by atoms with E-state index in [0.29, 0.717) is 10.9 Å². The van der Waals surface area contributed by atoms with Crippen LogP contribution in [0.2, 0.25) is 0 Å². The SMILES string of the molecule is O=P(O)(O)c1cccc2ncccc12. The Kier molecular flexibility index (Phi) is 2.11. The highest BCUT2D eigenvalue weighted by Crippen LogP contribution is 2.35. The molecule has 0 radical (unpaired) electrons. The van der Waals surface area contributed by atoms with Gasteiger partial charge in [0.05, 0.1) is 10.8 Å². The molecule has 0 amide bonds. The van der Waals surface area contributed by atoms with E-state index in [1.807, 2.05) is 0 Å². The maximum Gasteiger partial charge on any atom is 0.356 e. The lowest BCUT2D eigenvalue weighted by Gasteiger charge is -2.06. The second kappa shape index (κ2) is 3.17. The predicted molar refractivity (Wildman–Crippen MR) is 53.4 cm³/mol. The van der Waals surface area contributed by atoms with Crippen molar-refractivity contribution in [1.29, 1.82) is 0 Å². The molecule has 2 aromatic rings. The second-order valence-corrected chi connectivity index (χ2v) is 4.46. The molecule has 1 aromatic heterocycles. The van der Waals surface area contributed by atoms with E-state index >= 15 is 0 Å². The average Bonchev–Trinajstić information content (AvgIpc) is 2.15. The lowest BCUT2D eigenvalue weighted by Crippen LogP contribution is -2.05. The summed E-state index contributed by atoms with van der Waals surface area (Å²) in [5.41, 5.74) is 0.591. The summed E-state index contributed by atoms with van der Waals surface area (Å²) in [4.78, 5) is 22.2. The summed E-state index contributed by atoms with van der Waals surface area (Å²) in [6.45, 7) is 0. The average molecular weight is 209 g/mol. The maximum atomic E-state index is 11.1. The molecule has 2 rings (SSSR count). The first-order chi connectivity index (χ1) is 6.59. The van der Waals surface area contributed by atoms with Gasteiger partial charge in [0.1, 0.15) is 0 Å². The summed E-state index contributed by atoms with van der Waals surface area (Å²) in [5.74, 6) is 0. The Morgan fingerprint density at radius 1 is 1.14 bits per heavy atom. The molecule has 0 atom stereocenters. The van der Waals surface area contributed by atoms with Crippen LogP contribution in [0.4, 0.5) is 0 Å². The Balaban J connectivity index is 2.85. The molecule has 0 aliphatic rings. The van der Waals surface area contributed by atoms with Crippen LogP contribution in [0.5, 0.6) is 0 Å². The summed E-state index contributed by atoms with van der Waals surface area (Å²) in [7, 11) is -4.20. The van der Waals surface area contributed by atoms with Gasteiger partial charge in [0.25, 0.3) is 0 Å². The van der Waals surface area contributed by atoms with E-state index in [1.165, 1.54) is 6.07 Å². The minimum Gasteiger partial charge on any atom is -0.321 e. The van der Waals surface area contributed by atoms with Crippen molar-refractivity contribution in [3.63, 3.8) is 0 Å². The molecular weight excluding hydrogens is 201 g/mol. The Hall–Kier alpha value is -1.22. The van der Waals surface area contributed by atoms with Gasteiger partial charge < -0.3 is 9.79 Å². The van der Waals surface area contributed by atoms with Gasteiger partial charge in [-0.15, -0.1) is 0 Å². The van der Waals surface area contributed by atoms with Crippen LogP contribution in [0, 0.1) is 0 Å². The van der Waals surface area contributed by atoms with E-state index in [2.05, 4.69) is 4.98 Å². The van der Waals surface area contributed by atoms with E-state index in [1.54, 1.807) is 30.5 Å². The molecule has 2 N–H and O–H groups in total. The lowest BCUT2D eigenvalue weighted by molar-refractivity contribution is 0.388. The highest BCUT2D eigenvalue weighted by Gasteiger charge is 2.19. The van der Waals surface area contributed by atoms with Crippen LogP contribution in [-0.2, 0) is 4.57 Å². The topological polar surface area (TPSA) is 70.4 Å². The number of benzene rings is 1. The summed E-state index contributed by atoms with van der Waals surface area (Å²) in [6.07, 6.45) is 1.59. The molecule has 5 heteroatoms. The Labute approximate surface area is 80.4 Å². The van der Waals surface area contributed by atoms with Crippen LogP contribution in [0.15, 0.2) is 36.5 Å². The smallest absolute Gasteiger partial charge is 0.321 e. The van der Waals surface area contributed by atoms with Crippen molar-refractivity contribution in [2.75, 3.05) is 0 Å². The van der Waals surface area contributed by atoms with Crippen molar-refractivity contribution >= 4 is 23.8 Å². The zero-order valence-electron chi connectivity index (χ0n) is 7.16. The molecule has 0 unspecified atom stereocenters. The standard InChI is InChI=1S/C9H8NO3P/c11-14(12,13)9-5-1-4-8-7(9)3-2-6-10-8/h1-6H,(H2,11,12,13). The molecule has 0 aliphatic heterocycles. The van der Waals surface area contributed by atoms with Gasteiger partial charge in [-0.2, -0.15) is 0 Å². The first-order valence-corrected chi connectivity index (χ1v) is 5.60. The van der Waals surface area contributed by atoms with E-state index in [9.17, 15) is 4.57 Å². The fourth-order valence-corrected chi connectivity index (χ4v) is 2.12. The lowest BCUT2D eigenvalue weighted by atomic mass is 10.2. The number of fused-ring (bicyclic) bond motifs is 1. The molecule has 0 fully saturated rings. The zero-order valence-corrected chi connectivity index (χ0v) is 8.06. The monoisotopic (exact) mass is 209 g/mol. The van der Waals surface area contributed by atoms with Crippen molar-refractivity contribution in [2.45, 2.75) is 0 Å². The van der Waals surface area contributed by atoms with Gasteiger partial charge >= 0.3 is 7.60 Å². The minimum atomic E-state index is -4.20. The molecule has 0 aliphatic carbocycles. The van der Waals surface area contributed by atoms with Crippen LogP contribution in [0.1, 0.15) is 0 Å². The first kappa shape index (κ1) is 9.34. The summed E-state index contributed by atoms with van der Waals surface area (Å²) in [6, 6.07) is 8.03. The number of rotatable bonds is 1. The summed E-state index contributed by atoms with van der Waals surface area (Å²) < 4.78 is 11.1. The molecule has 0 saturated heterocycles. The molecule has 1 aromatic carbocycles. The normalized spacial score (nSPS) is 11.9. The Morgan fingerprint density at radius 3 is 2.64 bits per heavy atom. The largest absolute Gasteiger partial charge is 0.356 e. The number of nitrogens with zero attached hydrogens (tertiary/aromatic N) is 1. The van der Waals surface area contributed by atoms with Gasteiger partial charge in [-0.1, -0.05) is 12.1 Å². The highest BCUT2D eigenvalue weighted by atomic mass is 31.2. The van der Waals surface area contributed by atoms with Gasteiger partial charge in [0.2, 0.25) is 0 Å². The van der Waals surface area contributed by atoms with Crippen molar-refractivity contribution in [2.24, 2.45) is 0 Å². The number of hydrogen-bond donors (Lipinski definition) is 2. The van der Waals surface area contributed by atoms with Gasteiger partial charge in [0.15, 0.2) is 0 Å². The molecule has 1 heterocycles. The molecule has 4 nitrogen and oxygen atoms in total. The molecule has 0 bridgehead atoms. The number of hydrogen-bond acceptors (Lipinski definition) is 2. The number of aromatic nitrogens is 1.